The first-order valence-corrected chi connectivity index (χ1v) is 10.2. The molecule has 27 heavy (non-hydrogen) atoms. The largest absolute Gasteiger partial charge is 0.481 e. The molecule has 1 rings (SSSR count). The van der Waals surface area contributed by atoms with E-state index >= 15 is 0 Å². The highest BCUT2D eigenvalue weighted by Gasteiger charge is 2.40. The topological polar surface area (TPSA) is 110 Å². The number of aliphatic hydroxyl groups is 2. The number of aliphatic carboxylic acids is 1. The van der Waals surface area contributed by atoms with E-state index in [1.807, 2.05) is 18.2 Å². The number of carboxylic acid groups (broad SMARTS) is 1. The zero-order valence-electron chi connectivity index (χ0n) is 16.7. The van der Waals surface area contributed by atoms with Crippen LogP contribution in [0.5, 0.6) is 0 Å². The van der Waals surface area contributed by atoms with Crippen molar-refractivity contribution >= 4 is 5.97 Å². The zero-order chi connectivity index (χ0) is 20.3. The third kappa shape index (κ3) is 9.02. The lowest BCUT2D eigenvalue weighted by Gasteiger charge is -2.24. The maximum Gasteiger partial charge on any atom is 0.303 e. The van der Waals surface area contributed by atoms with Crippen LogP contribution in [-0.2, 0) is 4.79 Å². The normalized spacial score (nSPS) is 28.2. The van der Waals surface area contributed by atoms with Crippen LogP contribution in [0.2, 0.25) is 0 Å². The van der Waals surface area contributed by atoms with Crippen LogP contribution in [-0.4, -0.2) is 44.2 Å². The molecule has 1 unspecified atom stereocenters. The summed E-state index contributed by atoms with van der Waals surface area (Å²) in [7, 11) is 0. The van der Waals surface area contributed by atoms with E-state index in [0.29, 0.717) is 32.1 Å². The van der Waals surface area contributed by atoms with Gasteiger partial charge in [0.15, 0.2) is 0 Å². The number of carbonyl (C=O) groups is 1. The lowest BCUT2D eigenvalue weighted by Crippen LogP contribution is -2.31. The fourth-order valence-electron chi connectivity index (χ4n) is 3.75. The molecule has 1 aliphatic carbocycles. The van der Waals surface area contributed by atoms with E-state index in [2.05, 4.69) is 12.4 Å². The van der Waals surface area contributed by atoms with Crippen LogP contribution in [0.15, 0.2) is 24.3 Å². The molecule has 0 aliphatic heterocycles. The zero-order valence-corrected chi connectivity index (χ0v) is 16.7. The third-order valence-corrected chi connectivity index (χ3v) is 5.41. The molecule has 5 atom stereocenters. The number of allylic oxidation sites excluding steroid dienone is 2. The van der Waals surface area contributed by atoms with Crippen molar-refractivity contribution in [3.63, 3.8) is 0 Å². The molecule has 0 bridgehead atoms. The van der Waals surface area contributed by atoms with E-state index < -0.39 is 17.7 Å². The van der Waals surface area contributed by atoms with Gasteiger partial charge in [-0.1, -0.05) is 50.5 Å². The summed E-state index contributed by atoms with van der Waals surface area (Å²) in [6.07, 6.45) is 13.6. The molecule has 0 radical (unpaired) electrons. The molecule has 0 spiro atoms. The van der Waals surface area contributed by atoms with Crippen molar-refractivity contribution in [3.05, 3.63) is 24.3 Å². The van der Waals surface area contributed by atoms with E-state index in [4.69, 9.17) is 5.11 Å². The number of hydroxylamine groups is 1. The van der Waals surface area contributed by atoms with Crippen LogP contribution in [0.25, 0.3) is 0 Å². The fourth-order valence-corrected chi connectivity index (χ4v) is 3.75. The minimum absolute atomic E-state index is 0.0481. The van der Waals surface area contributed by atoms with Crippen molar-refractivity contribution in [1.82, 2.24) is 5.48 Å². The lowest BCUT2D eigenvalue weighted by molar-refractivity contribution is -0.137. The van der Waals surface area contributed by atoms with Gasteiger partial charge in [0.25, 0.3) is 0 Å². The van der Waals surface area contributed by atoms with Gasteiger partial charge in [0.1, 0.15) is 0 Å². The first-order valence-electron chi connectivity index (χ1n) is 10.2. The lowest BCUT2D eigenvalue weighted by atomic mass is 9.87. The van der Waals surface area contributed by atoms with Crippen LogP contribution in [0.4, 0.5) is 0 Å². The molecule has 6 nitrogen and oxygen atoms in total. The standard InChI is InChI=1S/C21H37NO5/c1-3-4-9-13-21(2,26)14-12-16-17(19(23)15-18(16)22-27)10-7-5-6-8-11-20(24)25/h5,7,12,14,16-19,22-23,26-27H,3-4,6,8-11,13,15H2,1-2H3,(H,24,25)/t16-,17-,18?,19+,21+/m1/s1. The molecule has 5 N–H and O–H groups in total. The Kier molecular flexibility index (Phi) is 10.8. The van der Waals surface area contributed by atoms with E-state index in [1.54, 1.807) is 13.0 Å². The van der Waals surface area contributed by atoms with Crippen molar-refractivity contribution in [2.75, 3.05) is 0 Å². The van der Waals surface area contributed by atoms with Gasteiger partial charge in [-0.3, -0.25) is 4.79 Å². The summed E-state index contributed by atoms with van der Waals surface area (Å²) in [5.74, 6) is -0.915. The number of hydrogen-bond donors (Lipinski definition) is 5. The van der Waals surface area contributed by atoms with Crippen molar-refractivity contribution < 1.29 is 25.3 Å². The Morgan fingerprint density at radius 3 is 2.63 bits per heavy atom. The maximum absolute atomic E-state index is 10.5. The second kappa shape index (κ2) is 12.3. The highest BCUT2D eigenvalue weighted by Crippen LogP contribution is 2.36. The number of rotatable bonds is 13. The second-order valence-electron chi connectivity index (χ2n) is 7.95. The summed E-state index contributed by atoms with van der Waals surface area (Å²) in [6, 6.07) is -0.242. The Bertz CT molecular complexity index is 489. The van der Waals surface area contributed by atoms with Crippen LogP contribution >= 0.6 is 0 Å². The number of hydrogen-bond acceptors (Lipinski definition) is 5. The van der Waals surface area contributed by atoms with Gasteiger partial charge in [-0.15, -0.1) is 0 Å². The summed E-state index contributed by atoms with van der Waals surface area (Å²) in [6.45, 7) is 3.92. The monoisotopic (exact) mass is 383 g/mol. The number of nitrogens with one attached hydrogen (secondary N) is 1. The van der Waals surface area contributed by atoms with Crippen molar-refractivity contribution in [3.8, 4) is 0 Å². The highest BCUT2D eigenvalue weighted by atomic mass is 16.5. The molecular formula is C21H37NO5. The molecule has 1 saturated carbocycles. The number of carboxylic acids is 1. The highest BCUT2D eigenvalue weighted by molar-refractivity contribution is 5.66. The molecule has 1 aliphatic rings. The van der Waals surface area contributed by atoms with E-state index in [1.165, 1.54) is 0 Å². The minimum Gasteiger partial charge on any atom is -0.481 e. The predicted octanol–water partition coefficient (Wildman–Crippen LogP) is 3.42. The summed E-state index contributed by atoms with van der Waals surface area (Å²) in [4.78, 5) is 10.5. The van der Waals surface area contributed by atoms with Crippen LogP contribution in [0, 0.1) is 11.8 Å². The first-order chi connectivity index (χ1) is 12.8. The third-order valence-electron chi connectivity index (χ3n) is 5.41. The summed E-state index contributed by atoms with van der Waals surface area (Å²) in [5.41, 5.74) is 1.41. The Labute approximate surface area is 162 Å². The molecule has 0 aromatic rings. The molecule has 1 fully saturated rings. The summed E-state index contributed by atoms with van der Waals surface area (Å²) >= 11 is 0. The Morgan fingerprint density at radius 1 is 1.26 bits per heavy atom. The quantitative estimate of drug-likeness (QED) is 0.189. The van der Waals surface area contributed by atoms with Crippen molar-refractivity contribution in [2.45, 2.75) is 89.4 Å². The predicted molar refractivity (Wildman–Crippen MR) is 105 cm³/mol. The molecule has 0 aromatic heterocycles. The first kappa shape index (κ1) is 23.8. The maximum atomic E-state index is 10.5. The molecule has 6 heteroatoms. The van der Waals surface area contributed by atoms with Crippen LogP contribution < -0.4 is 5.48 Å². The second-order valence-corrected chi connectivity index (χ2v) is 7.95. The van der Waals surface area contributed by atoms with Gasteiger partial charge in [-0.2, -0.15) is 0 Å². The summed E-state index contributed by atoms with van der Waals surface area (Å²) in [5, 5.41) is 39.0. The minimum atomic E-state index is -0.889. The molecule has 0 amide bonds. The van der Waals surface area contributed by atoms with Gasteiger partial charge in [-0.25, -0.2) is 5.48 Å². The molecule has 0 saturated heterocycles. The SMILES string of the molecule is CCCCC[C@](C)(O)C=C[C@H]1C(NO)C[C@H](O)[C@@H]1CC=CCCCC(=O)O. The number of unbranched alkanes of at least 4 members (excludes halogenated alkanes) is 3. The van der Waals surface area contributed by atoms with E-state index in [0.717, 1.165) is 19.3 Å². The van der Waals surface area contributed by atoms with Gasteiger partial charge < -0.3 is 20.5 Å². The van der Waals surface area contributed by atoms with Gasteiger partial charge in [0.05, 0.1) is 11.7 Å². The van der Waals surface area contributed by atoms with Gasteiger partial charge >= 0.3 is 5.97 Å². The average Bonchev–Trinajstić information content (AvgIpc) is 2.91. The van der Waals surface area contributed by atoms with Crippen molar-refractivity contribution in [2.24, 2.45) is 11.8 Å². The van der Waals surface area contributed by atoms with Gasteiger partial charge in [0, 0.05) is 18.4 Å². The van der Waals surface area contributed by atoms with E-state index in [-0.39, 0.29) is 24.3 Å². The summed E-state index contributed by atoms with van der Waals surface area (Å²) < 4.78 is 0. The Balaban J connectivity index is 2.64. The van der Waals surface area contributed by atoms with Crippen molar-refractivity contribution in [1.29, 1.82) is 0 Å². The molecule has 156 valence electrons. The molecule has 0 heterocycles. The smallest absolute Gasteiger partial charge is 0.303 e. The number of aliphatic hydroxyl groups excluding tert-OH is 1. The Hall–Kier alpha value is -1.21. The van der Waals surface area contributed by atoms with Gasteiger partial charge in [0.2, 0.25) is 0 Å². The Morgan fingerprint density at radius 2 is 2.00 bits per heavy atom. The van der Waals surface area contributed by atoms with E-state index in [9.17, 15) is 20.2 Å². The van der Waals surface area contributed by atoms with Gasteiger partial charge in [-0.05, 0) is 44.9 Å². The van der Waals surface area contributed by atoms with Crippen LogP contribution in [0.3, 0.4) is 0 Å². The molecule has 0 aromatic carbocycles. The van der Waals surface area contributed by atoms with Crippen LogP contribution in [0.1, 0.15) is 71.6 Å². The average molecular weight is 384 g/mol. The fraction of sp³-hybridized carbons (Fsp3) is 0.762. The molecular weight excluding hydrogens is 346 g/mol.